The molecule has 0 aliphatic heterocycles. The van der Waals surface area contributed by atoms with Crippen LogP contribution in [0.2, 0.25) is 0 Å². The van der Waals surface area contributed by atoms with E-state index in [0.717, 1.165) is 18.4 Å². The average Bonchev–Trinajstić information content (AvgIpc) is 2.51. The van der Waals surface area contributed by atoms with Gasteiger partial charge in [-0.05, 0) is 68.8 Å². The van der Waals surface area contributed by atoms with E-state index in [4.69, 9.17) is 5.11 Å². The number of carboxylic acids is 1. The first-order valence-electron chi connectivity index (χ1n) is 9.11. The number of rotatable bonds is 5. The van der Waals surface area contributed by atoms with Gasteiger partial charge < -0.3 is 20.4 Å². The van der Waals surface area contributed by atoms with Gasteiger partial charge in [0.1, 0.15) is 0 Å². The van der Waals surface area contributed by atoms with E-state index in [1.165, 1.54) is 0 Å². The minimum atomic E-state index is -0.936. The summed E-state index contributed by atoms with van der Waals surface area (Å²) >= 11 is 0. The van der Waals surface area contributed by atoms with Gasteiger partial charge in [-0.1, -0.05) is 25.2 Å². The van der Waals surface area contributed by atoms with Gasteiger partial charge in [0.2, 0.25) is 0 Å². The molecule has 1 unspecified atom stereocenters. The van der Waals surface area contributed by atoms with Crippen LogP contribution in [0.3, 0.4) is 0 Å². The highest BCUT2D eigenvalue weighted by Crippen LogP contribution is 2.61. The molecule has 4 N–H and O–H groups in total. The summed E-state index contributed by atoms with van der Waals surface area (Å²) in [5.41, 5.74) is 0.511. The normalized spacial score (nSPS) is 40.5. The Bertz CT molecular complexity index is 568. The van der Waals surface area contributed by atoms with Crippen LogP contribution < -0.4 is 0 Å². The molecule has 0 spiro atoms. The number of hydrogen-bond donors (Lipinski definition) is 4. The predicted octanol–water partition coefficient (Wildman–Crippen LogP) is 2.51. The van der Waals surface area contributed by atoms with E-state index < -0.39 is 23.6 Å². The number of carboxylic acid groups (broad SMARTS) is 1. The number of hydrogen-bond acceptors (Lipinski definition) is 4. The zero-order chi connectivity index (χ0) is 19.0. The molecule has 0 amide bonds. The average molecular weight is 352 g/mol. The maximum atomic E-state index is 12.0. The molecule has 2 saturated carbocycles. The molecule has 0 aromatic carbocycles. The van der Waals surface area contributed by atoms with Gasteiger partial charge >= 0.3 is 5.97 Å². The van der Waals surface area contributed by atoms with Crippen molar-refractivity contribution in [3.05, 3.63) is 23.8 Å². The van der Waals surface area contributed by atoms with E-state index in [1.54, 1.807) is 13.8 Å². The molecule has 0 radical (unpaired) electrons. The predicted molar refractivity (Wildman–Crippen MR) is 95.9 cm³/mol. The summed E-state index contributed by atoms with van der Waals surface area (Å²) in [5, 5.41) is 39.1. The SMILES string of the molecule is C=C1CCC2[C@](C)(C[C@@H](O)C[C@]2(C)C(=O)O)[C@H]1C/C=C(\C)[C@@H](O)CO. The Balaban J connectivity index is 2.36. The quantitative estimate of drug-likeness (QED) is 0.570. The van der Waals surface area contributed by atoms with Gasteiger partial charge in [0.25, 0.3) is 0 Å². The number of aliphatic hydroxyl groups is 3. The smallest absolute Gasteiger partial charge is 0.309 e. The van der Waals surface area contributed by atoms with Crippen LogP contribution in [0.5, 0.6) is 0 Å². The van der Waals surface area contributed by atoms with E-state index in [2.05, 4.69) is 13.5 Å². The van der Waals surface area contributed by atoms with Crippen LogP contribution in [0.1, 0.15) is 52.9 Å². The Morgan fingerprint density at radius 3 is 2.60 bits per heavy atom. The third kappa shape index (κ3) is 3.55. The lowest BCUT2D eigenvalue weighted by molar-refractivity contribution is -0.173. The van der Waals surface area contributed by atoms with E-state index in [9.17, 15) is 20.1 Å². The molecular weight excluding hydrogens is 320 g/mol. The van der Waals surface area contributed by atoms with Crippen LogP contribution in [0, 0.1) is 22.7 Å². The summed E-state index contributed by atoms with van der Waals surface area (Å²) in [5.74, 6) is -0.801. The fourth-order valence-corrected chi connectivity index (χ4v) is 5.34. The standard InChI is InChI=1S/C20H32O5/c1-12-6-8-17-19(3,9-14(22)10-20(17,4)18(24)25)15(12)7-5-13(2)16(23)11-21/h5,14-17,21-23H,1,6-11H2,2-4H3,(H,24,25)/b13-5+/t14-,15+,16+,17?,19-,20+/m1/s1. The molecular formula is C20H32O5. The van der Waals surface area contributed by atoms with Gasteiger partial charge in [0, 0.05) is 0 Å². The molecule has 0 aromatic heterocycles. The molecule has 0 saturated heterocycles. The van der Waals surface area contributed by atoms with Gasteiger partial charge in [0.15, 0.2) is 0 Å². The van der Waals surface area contributed by atoms with Gasteiger partial charge in [0.05, 0.1) is 24.2 Å². The topological polar surface area (TPSA) is 98.0 Å². The third-order valence-electron chi connectivity index (χ3n) is 6.81. The van der Waals surface area contributed by atoms with Crippen molar-refractivity contribution in [2.75, 3.05) is 6.61 Å². The molecule has 142 valence electrons. The van der Waals surface area contributed by atoms with E-state index in [1.807, 2.05) is 6.08 Å². The van der Waals surface area contributed by atoms with E-state index >= 15 is 0 Å². The van der Waals surface area contributed by atoms with Crippen LogP contribution >= 0.6 is 0 Å². The number of allylic oxidation sites excluding steroid dienone is 2. The molecule has 2 aliphatic rings. The van der Waals surface area contributed by atoms with Crippen molar-refractivity contribution in [3.8, 4) is 0 Å². The number of carbonyl (C=O) groups is 1. The lowest BCUT2D eigenvalue weighted by atomic mass is 9.46. The molecule has 2 fully saturated rings. The highest BCUT2D eigenvalue weighted by molar-refractivity contribution is 5.75. The van der Waals surface area contributed by atoms with Crippen molar-refractivity contribution in [2.24, 2.45) is 22.7 Å². The first-order valence-corrected chi connectivity index (χ1v) is 9.11. The molecule has 25 heavy (non-hydrogen) atoms. The van der Waals surface area contributed by atoms with Gasteiger partial charge in [-0.25, -0.2) is 0 Å². The van der Waals surface area contributed by atoms with E-state index in [-0.39, 0.29) is 23.9 Å². The number of aliphatic hydroxyl groups excluding tert-OH is 3. The van der Waals surface area contributed by atoms with Crippen molar-refractivity contribution in [1.29, 1.82) is 0 Å². The summed E-state index contributed by atoms with van der Waals surface area (Å²) < 4.78 is 0. The second-order valence-corrected chi connectivity index (χ2v) is 8.47. The maximum Gasteiger partial charge on any atom is 0.309 e. The molecule has 2 aliphatic carbocycles. The molecule has 0 aromatic rings. The Kier molecular flexibility index (Phi) is 5.81. The summed E-state index contributed by atoms with van der Waals surface area (Å²) in [4.78, 5) is 12.0. The minimum absolute atomic E-state index is 0.0205. The van der Waals surface area contributed by atoms with Crippen LogP contribution in [0.15, 0.2) is 23.8 Å². The zero-order valence-electron chi connectivity index (χ0n) is 15.5. The van der Waals surface area contributed by atoms with Crippen LogP contribution in [-0.4, -0.2) is 45.2 Å². The highest BCUT2D eigenvalue weighted by atomic mass is 16.4. The second-order valence-electron chi connectivity index (χ2n) is 8.47. The lowest BCUT2D eigenvalue weighted by Gasteiger charge is -2.58. The summed E-state index contributed by atoms with van der Waals surface area (Å²) in [7, 11) is 0. The largest absolute Gasteiger partial charge is 0.481 e. The molecule has 6 atom stereocenters. The number of fused-ring (bicyclic) bond motifs is 1. The minimum Gasteiger partial charge on any atom is -0.481 e. The van der Waals surface area contributed by atoms with Gasteiger partial charge in [-0.15, -0.1) is 0 Å². The summed E-state index contributed by atoms with van der Waals surface area (Å²) in [6.07, 6.45) is 3.48. The molecule has 0 bridgehead atoms. The Morgan fingerprint density at radius 2 is 2.04 bits per heavy atom. The first-order chi connectivity index (χ1) is 11.6. The molecule has 5 nitrogen and oxygen atoms in total. The zero-order valence-corrected chi connectivity index (χ0v) is 15.5. The van der Waals surface area contributed by atoms with Crippen molar-refractivity contribution in [1.82, 2.24) is 0 Å². The first kappa shape index (κ1) is 20.1. The Hall–Kier alpha value is -1.17. The summed E-state index contributed by atoms with van der Waals surface area (Å²) in [6, 6.07) is 0. The molecule has 0 heterocycles. The van der Waals surface area contributed by atoms with Crippen LogP contribution in [0.4, 0.5) is 0 Å². The lowest BCUT2D eigenvalue weighted by Crippen LogP contribution is -2.56. The van der Waals surface area contributed by atoms with Crippen LogP contribution in [-0.2, 0) is 4.79 Å². The highest BCUT2D eigenvalue weighted by Gasteiger charge is 2.59. The maximum absolute atomic E-state index is 12.0. The van der Waals surface area contributed by atoms with Crippen molar-refractivity contribution >= 4 is 5.97 Å². The Labute approximate surface area is 150 Å². The number of aliphatic carboxylic acids is 1. The fourth-order valence-electron chi connectivity index (χ4n) is 5.34. The third-order valence-corrected chi connectivity index (χ3v) is 6.81. The van der Waals surface area contributed by atoms with Gasteiger partial charge in [-0.2, -0.15) is 0 Å². The van der Waals surface area contributed by atoms with E-state index in [0.29, 0.717) is 24.8 Å². The summed E-state index contributed by atoms with van der Waals surface area (Å²) in [6.45, 7) is 9.54. The van der Waals surface area contributed by atoms with Crippen molar-refractivity contribution < 1.29 is 25.2 Å². The van der Waals surface area contributed by atoms with Crippen molar-refractivity contribution in [2.45, 2.75) is 65.1 Å². The molecule has 2 rings (SSSR count). The fraction of sp³-hybridized carbons (Fsp3) is 0.750. The monoisotopic (exact) mass is 352 g/mol. The second kappa shape index (κ2) is 7.22. The van der Waals surface area contributed by atoms with Gasteiger partial charge in [-0.3, -0.25) is 4.79 Å². The molecule has 5 heteroatoms. The Morgan fingerprint density at radius 1 is 1.40 bits per heavy atom. The van der Waals surface area contributed by atoms with Crippen molar-refractivity contribution in [3.63, 3.8) is 0 Å². The van der Waals surface area contributed by atoms with Crippen LogP contribution in [0.25, 0.3) is 0 Å².